The number of hydrogen-bond donors (Lipinski definition) is 0. The van der Waals surface area contributed by atoms with Crippen LogP contribution >= 0.6 is 11.6 Å². The van der Waals surface area contributed by atoms with Gasteiger partial charge in [0.25, 0.3) is 0 Å². The van der Waals surface area contributed by atoms with Gasteiger partial charge in [-0.15, -0.1) is 0 Å². The van der Waals surface area contributed by atoms with Crippen molar-refractivity contribution in [3.8, 4) is 0 Å². The van der Waals surface area contributed by atoms with Gasteiger partial charge in [0.1, 0.15) is 6.61 Å². The highest BCUT2D eigenvalue weighted by Crippen LogP contribution is 2.28. The maximum Gasteiger partial charge on any atom is 0.410 e. The van der Waals surface area contributed by atoms with Gasteiger partial charge >= 0.3 is 6.09 Å². The zero-order valence-electron chi connectivity index (χ0n) is 18.2. The third-order valence-corrected chi connectivity index (χ3v) is 7.77. The van der Waals surface area contributed by atoms with Gasteiger partial charge < -0.3 is 9.64 Å². The van der Waals surface area contributed by atoms with Gasteiger partial charge in [-0.05, 0) is 43.9 Å². The van der Waals surface area contributed by atoms with Gasteiger partial charge in [0, 0.05) is 49.3 Å². The lowest BCUT2D eigenvalue weighted by atomic mass is 9.95. The Morgan fingerprint density at radius 2 is 1.87 bits per heavy atom. The van der Waals surface area contributed by atoms with Crippen LogP contribution in [-0.4, -0.2) is 85.8 Å². The SMILES string of the molecule is C=CCOC(=O)N1CCC(N2CC(C)N(S(C)(=O)=O)CC2Cc2ccc(Cl)cc2)CC1. The third-order valence-electron chi connectivity index (χ3n) is 6.15. The van der Waals surface area contributed by atoms with E-state index in [0.29, 0.717) is 37.2 Å². The van der Waals surface area contributed by atoms with Gasteiger partial charge in [-0.25, -0.2) is 13.2 Å². The molecule has 1 aromatic rings. The van der Waals surface area contributed by atoms with E-state index in [2.05, 4.69) is 11.5 Å². The van der Waals surface area contributed by atoms with E-state index >= 15 is 0 Å². The van der Waals surface area contributed by atoms with E-state index in [1.54, 1.807) is 15.3 Å². The Labute approximate surface area is 190 Å². The van der Waals surface area contributed by atoms with Gasteiger partial charge in [0.15, 0.2) is 0 Å². The molecule has 7 nitrogen and oxygen atoms in total. The quantitative estimate of drug-likeness (QED) is 0.599. The van der Waals surface area contributed by atoms with E-state index in [1.165, 1.54) is 6.26 Å². The molecule has 1 aromatic carbocycles. The lowest BCUT2D eigenvalue weighted by Gasteiger charge is -2.49. The van der Waals surface area contributed by atoms with Crippen molar-refractivity contribution in [1.82, 2.24) is 14.1 Å². The number of carbonyl (C=O) groups excluding carboxylic acids is 1. The summed E-state index contributed by atoms with van der Waals surface area (Å²) in [6.07, 6.45) is 4.97. The molecule has 3 rings (SSSR count). The minimum absolute atomic E-state index is 0.0661. The first kappa shape index (κ1) is 24.0. The lowest BCUT2D eigenvalue weighted by Crippen LogP contribution is -2.63. The molecule has 2 fully saturated rings. The maximum atomic E-state index is 12.4. The van der Waals surface area contributed by atoms with Crippen LogP contribution in [0.25, 0.3) is 0 Å². The Kier molecular flexibility index (Phi) is 8.02. The van der Waals surface area contributed by atoms with Crippen molar-refractivity contribution >= 4 is 27.7 Å². The van der Waals surface area contributed by atoms with Gasteiger partial charge in [-0.2, -0.15) is 4.31 Å². The normalized spacial score (nSPS) is 24.2. The van der Waals surface area contributed by atoms with Crippen molar-refractivity contribution < 1.29 is 17.9 Å². The molecule has 0 aliphatic carbocycles. The van der Waals surface area contributed by atoms with Crippen LogP contribution in [0.4, 0.5) is 4.79 Å². The Morgan fingerprint density at radius 1 is 1.23 bits per heavy atom. The summed E-state index contributed by atoms with van der Waals surface area (Å²) in [5.41, 5.74) is 1.13. The second kappa shape index (κ2) is 10.3. The number of benzene rings is 1. The Morgan fingerprint density at radius 3 is 2.45 bits per heavy atom. The molecular formula is C22H32ClN3O4S. The van der Waals surface area contributed by atoms with E-state index in [1.807, 2.05) is 31.2 Å². The summed E-state index contributed by atoms with van der Waals surface area (Å²) >= 11 is 6.03. The Balaban J connectivity index is 1.72. The molecular weight excluding hydrogens is 438 g/mol. The van der Waals surface area contributed by atoms with Crippen LogP contribution in [-0.2, 0) is 21.2 Å². The number of amides is 1. The van der Waals surface area contributed by atoms with Crippen LogP contribution in [0.5, 0.6) is 0 Å². The fourth-order valence-corrected chi connectivity index (χ4v) is 5.91. The Hall–Kier alpha value is -1.61. The third kappa shape index (κ3) is 6.22. The number of hydrogen-bond acceptors (Lipinski definition) is 5. The molecule has 2 aliphatic heterocycles. The van der Waals surface area contributed by atoms with Crippen LogP contribution < -0.4 is 0 Å². The molecule has 31 heavy (non-hydrogen) atoms. The molecule has 2 heterocycles. The lowest BCUT2D eigenvalue weighted by molar-refractivity contribution is 0.0167. The first-order valence-electron chi connectivity index (χ1n) is 10.7. The van der Waals surface area contributed by atoms with Crippen LogP contribution in [0.15, 0.2) is 36.9 Å². The van der Waals surface area contributed by atoms with E-state index in [-0.39, 0.29) is 24.8 Å². The summed E-state index contributed by atoms with van der Waals surface area (Å²) in [4.78, 5) is 16.3. The summed E-state index contributed by atoms with van der Waals surface area (Å²) in [6.45, 7) is 8.16. The number of halogens is 1. The summed E-state index contributed by atoms with van der Waals surface area (Å²) in [5.74, 6) is 0. The zero-order valence-corrected chi connectivity index (χ0v) is 19.8. The number of ether oxygens (including phenoxy) is 1. The number of piperidine rings is 1. The molecule has 0 spiro atoms. The number of nitrogens with zero attached hydrogens (tertiary/aromatic N) is 3. The predicted octanol–water partition coefficient (Wildman–Crippen LogP) is 3.00. The fraction of sp³-hybridized carbons (Fsp3) is 0.591. The smallest absolute Gasteiger partial charge is 0.410 e. The van der Waals surface area contributed by atoms with E-state index in [4.69, 9.17) is 16.3 Å². The topological polar surface area (TPSA) is 70.2 Å². The number of carbonyl (C=O) groups is 1. The van der Waals surface area contributed by atoms with Crippen molar-refractivity contribution in [2.24, 2.45) is 0 Å². The summed E-state index contributed by atoms with van der Waals surface area (Å²) in [5, 5.41) is 0.686. The fourth-order valence-electron chi connectivity index (χ4n) is 4.62. The summed E-state index contributed by atoms with van der Waals surface area (Å²) in [7, 11) is -3.28. The molecule has 0 bridgehead atoms. The van der Waals surface area contributed by atoms with E-state index in [0.717, 1.165) is 24.8 Å². The molecule has 0 N–H and O–H groups in total. The molecule has 1 amide bonds. The molecule has 0 radical (unpaired) electrons. The minimum Gasteiger partial charge on any atom is -0.445 e. The first-order valence-corrected chi connectivity index (χ1v) is 12.9. The average molecular weight is 470 g/mol. The number of rotatable bonds is 6. The monoisotopic (exact) mass is 469 g/mol. The standard InChI is InChI=1S/C22H32ClN3O4S/c1-4-13-30-22(27)24-11-9-20(10-12-24)25-15-17(2)26(31(3,28)29)16-21(25)14-18-5-7-19(23)8-6-18/h4-8,17,20-21H,1,9-16H2,2-3H3. The highest BCUT2D eigenvalue weighted by Gasteiger charge is 2.40. The number of piperazine rings is 1. The maximum absolute atomic E-state index is 12.4. The van der Waals surface area contributed by atoms with Crippen molar-refractivity contribution in [1.29, 1.82) is 0 Å². The summed E-state index contributed by atoms with van der Waals surface area (Å²) in [6, 6.07) is 8.01. The van der Waals surface area contributed by atoms with Gasteiger partial charge in [0.05, 0.1) is 6.26 Å². The predicted molar refractivity (Wildman–Crippen MR) is 123 cm³/mol. The van der Waals surface area contributed by atoms with Crippen molar-refractivity contribution in [3.63, 3.8) is 0 Å². The molecule has 9 heteroatoms. The zero-order chi connectivity index (χ0) is 22.6. The van der Waals surface area contributed by atoms with Gasteiger partial charge in [-0.1, -0.05) is 36.4 Å². The largest absolute Gasteiger partial charge is 0.445 e. The average Bonchev–Trinajstić information content (AvgIpc) is 2.74. The number of likely N-dealkylation sites (tertiary alicyclic amines) is 1. The molecule has 0 saturated carbocycles. The van der Waals surface area contributed by atoms with Crippen LogP contribution in [0.3, 0.4) is 0 Å². The second-order valence-corrected chi connectivity index (χ2v) is 10.8. The molecule has 2 atom stereocenters. The minimum atomic E-state index is -3.28. The van der Waals surface area contributed by atoms with Crippen LogP contribution in [0, 0.1) is 0 Å². The van der Waals surface area contributed by atoms with Crippen molar-refractivity contribution in [3.05, 3.63) is 47.5 Å². The molecule has 172 valence electrons. The second-order valence-electron chi connectivity index (χ2n) is 8.45. The van der Waals surface area contributed by atoms with Crippen LogP contribution in [0.2, 0.25) is 5.02 Å². The van der Waals surface area contributed by atoms with Crippen molar-refractivity contribution in [2.45, 2.75) is 44.3 Å². The van der Waals surface area contributed by atoms with E-state index in [9.17, 15) is 13.2 Å². The molecule has 2 aliphatic rings. The molecule has 2 saturated heterocycles. The van der Waals surface area contributed by atoms with Crippen molar-refractivity contribution in [2.75, 3.05) is 39.0 Å². The first-order chi connectivity index (χ1) is 14.7. The highest BCUT2D eigenvalue weighted by atomic mass is 35.5. The number of sulfonamides is 1. The highest BCUT2D eigenvalue weighted by molar-refractivity contribution is 7.88. The van der Waals surface area contributed by atoms with Crippen LogP contribution in [0.1, 0.15) is 25.3 Å². The van der Waals surface area contributed by atoms with Gasteiger partial charge in [0.2, 0.25) is 10.0 Å². The molecule has 0 aromatic heterocycles. The van der Waals surface area contributed by atoms with E-state index < -0.39 is 10.0 Å². The Bertz CT molecular complexity index is 869. The van der Waals surface area contributed by atoms with Gasteiger partial charge in [-0.3, -0.25) is 4.90 Å². The molecule has 2 unspecified atom stereocenters. The summed E-state index contributed by atoms with van der Waals surface area (Å²) < 4.78 is 31.5.